The van der Waals surface area contributed by atoms with E-state index < -0.39 is 5.97 Å². The molecule has 0 radical (unpaired) electrons. The summed E-state index contributed by atoms with van der Waals surface area (Å²) in [5.74, 6) is 0.393. The van der Waals surface area contributed by atoms with E-state index in [1.807, 2.05) is 0 Å². The smallest absolute Gasteiger partial charge is 0.307 e. The van der Waals surface area contributed by atoms with Gasteiger partial charge in [0.05, 0.1) is 27.8 Å². The van der Waals surface area contributed by atoms with Gasteiger partial charge in [0.1, 0.15) is 0 Å². The average Bonchev–Trinajstić information content (AvgIpc) is 2.66. The fourth-order valence-corrected chi connectivity index (χ4v) is 2.71. The molecule has 0 aliphatic rings. The summed E-state index contributed by atoms with van der Waals surface area (Å²) < 4.78 is 15.9. The first kappa shape index (κ1) is 20.1. The van der Waals surface area contributed by atoms with Gasteiger partial charge in [0.2, 0.25) is 11.7 Å². The van der Waals surface area contributed by atoms with Crippen LogP contribution in [0.1, 0.15) is 17.5 Å². The van der Waals surface area contributed by atoms with Gasteiger partial charge >= 0.3 is 5.97 Å². The third-order valence-electron chi connectivity index (χ3n) is 4.00. The van der Waals surface area contributed by atoms with Crippen LogP contribution in [0.25, 0.3) is 0 Å². The number of aryl methyl sites for hydroxylation is 1. The van der Waals surface area contributed by atoms with Crippen molar-refractivity contribution in [2.24, 2.45) is 0 Å². The average molecular weight is 373 g/mol. The van der Waals surface area contributed by atoms with Gasteiger partial charge in [0, 0.05) is 12.1 Å². The minimum absolute atomic E-state index is 0.149. The Bertz CT molecular complexity index is 793. The molecule has 1 amide bonds. The van der Waals surface area contributed by atoms with Crippen molar-refractivity contribution >= 4 is 17.6 Å². The van der Waals surface area contributed by atoms with Crippen molar-refractivity contribution in [3.63, 3.8) is 0 Å². The van der Waals surface area contributed by atoms with E-state index in [-0.39, 0.29) is 18.7 Å². The highest BCUT2D eigenvalue weighted by atomic mass is 16.5. The predicted molar refractivity (Wildman–Crippen MR) is 101 cm³/mol. The predicted octanol–water partition coefficient (Wildman–Crippen LogP) is 2.91. The molecule has 0 aromatic heterocycles. The maximum atomic E-state index is 12.3. The molecule has 2 N–H and O–H groups in total. The molecule has 0 saturated carbocycles. The molecule has 0 atom stereocenters. The van der Waals surface area contributed by atoms with Crippen LogP contribution < -0.4 is 19.5 Å². The number of carbonyl (C=O) groups is 2. The molecule has 0 unspecified atom stereocenters. The van der Waals surface area contributed by atoms with E-state index in [9.17, 15) is 9.59 Å². The van der Waals surface area contributed by atoms with E-state index in [1.54, 1.807) is 36.4 Å². The number of benzene rings is 2. The second kappa shape index (κ2) is 9.47. The van der Waals surface area contributed by atoms with Crippen molar-refractivity contribution in [3.8, 4) is 17.2 Å². The van der Waals surface area contributed by atoms with Gasteiger partial charge in [0.15, 0.2) is 11.5 Å². The van der Waals surface area contributed by atoms with Crippen molar-refractivity contribution in [2.45, 2.75) is 19.3 Å². The van der Waals surface area contributed by atoms with Crippen molar-refractivity contribution in [3.05, 3.63) is 47.5 Å². The quantitative estimate of drug-likeness (QED) is 0.702. The number of rotatable bonds is 9. The summed E-state index contributed by atoms with van der Waals surface area (Å²) in [6.45, 7) is 0. The zero-order valence-electron chi connectivity index (χ0n) is 15.6. The molecule has 144 valence electrons. The Hall–Kier alpha value is -3.22. The summed E-state index contributed by atoms with van der Waals surface area (Å²) >= 11 is 0. The van der Waals surface area contributed by atoms with Gasteiger partial charge in [-0.25, -0.2) is 0 Å². The molecule has 0 saturated heterocycles. The normalized spacial score (nSPS) is 10.2. The molecular formula is C20H23NO6. The fraction of sp³-hybridized carbons (Fsp3) is 0.300. The molecule has 0 aliphatic heterocycles. The highest BCUT2D eigenvalue weighted by molar-refractivity contribution is 5.92. The summed E-state index contributed by atoms with van der Waals surface area (Å²) in [7, 11) is 4.60. The molecule has 0 bridgehead atoms. The number of carboxylic acid groups (broad SMARTS) is 1. The second-order valence-corrected chi connectivity index (χ2v) is 5.81. The fourth-order valence-electron chi connectivity index (χ4n) is 2.71. The molecule has 0 aliphatic carbocycles. The molecule has 27 heavy (non-hydrogen) atoms. The minimum atomic E-state index is -0.950. The van der Waals surface area contributed by atoms with Gasteiger partial charge in [-0.1, -0.05) is 18.2 Å². The number of methoxy groups -OCH3 is 3. The highest BCUT2D eigenvalue weighted by Gasteiger charge is 2.14. The van der Waals surface area contributed by atoms with E-state index >= 15 is 0 Å². The highest BCUT2D eigenvalue weighted by Crippen LogP contribution is 2.38. The Kier molecular flexibility index (Phi) is 7.05. The summed E-state index contributed by atoms with van der Waals surface area (Å²) in [5.41, 5.74) is 1.93. The second-order valence-electron chi connectivity index (χ2n) is 5.81. The van der Waals surface area contributed by atoms with Crippen LogP contribution >= 0.6 is 0 Å². The van der Waals surface area contributed by atoms with E-state index in [4.69, 9.17) is 19.3 Å². The molecule has 2 aromatic rings. The van der Waals surface area contributed by atoms with Crippen molar-refractivity contribution in [1.29, 1.82) is 0 Å². The number of carbonyl (C=O) groups excluding carboxylic acids is 1. The Labute approximate surface area is 157 Å². The minimum Gasteiger partial charge on any atom is -0.493 e. The summed E-state index contributed by atoms with van der Waals surface area (Å²) in [5, 5.41) is 11.7. The SMILES string of the molecule is COc1cc(CCC(=O)Nc2ccccc2CC(=O)O)cc(OC)c1OC. The van der Waals surface area contributed by atoms with Gasteiger partial charge in [-0.2, -0.15) is 0 Å². The van der Waals surface area contributed by atoms with Crippen LogP contribution in [0.15, 0.2) is 36.4 Å². The number of para-hydroxylation sites is 1. The molecule has 7 nitrogen and oxygen atoms in total. The topological polar surface area (TPSA) is 94.1 Å². The Balaban J connectivity index is 2.07. The molecule has 2 aromatic carbocycles. The van der Waals surface area contributed by atoms with Crippen LogP contribution in [-0.4, -0.2) is 38.3 Å². The van der Waals surface area contributed by atoms with E-state index in [1.165, 1.54) is 21.3 Å². The molecule has 0 heterocycles. The van der Waals surface area contributed by atoms with Crippen LogP contribution in [0.5, 0.6) is 17.2 Å². The zero-order chi connectivity index (χ0) is 19.8. The molecular weight excluding hydrogens is 350 g/mol. The molecule has 0 fully saturated rings. The standard InChI is InChI=1S/C20H23NO6/c1-25-16-10-13(11-17(26-2)20(16)27-3)8-9-18(22)21-15-7-5-4-6-14(15)12-19(23)24/h4-7,10-11H,8-9,12H2,1-3H3,(H,21,22)(H,23,24). The first-order valence-electron chi connectivity index (χ1n) is 8.37. The largest absolute Gasteiger partial charge is 0.493 e. The number of hydrogen-bond donors (Lipinski definition) is 2. The Morgan fingerprint density at radius 3 is 2.19 bits per heavy atom. The van der Waals surface area contributed by atoms with Gasteiger partial charge < -0.3 is 24.6 Å². The molecule has 7 heteroatoms. The number of anilines is 1. The van der Waals surface area contributed by atoms with E-state index in [2.05, 4.69) is 5.32 Å². The van der Waals surface area contributed by atoms with Crippen LogP contribution in [0.4, 0.5) is 5.69 Å². The summed E-state index contributed by atoms with van der Waals surface area (Å²) in [6, 6.07) is 10.5. The molecule has 2 rings (SSSR count). The van der Waals surface area contributed by atoms with Crippen molar-refractivity contribution in [2.75, 3.05) is 26.6 Å². The van der Waals surface area contributed by atoms with Crippen molar-refractivity contribution < 1.29 is 28.9 Å². The maximum absolute atomic E-state index is 12.3. The summed E-state index contributed by atoms with van der Waals surface area (Å²) in [4.78, 5) is 23.3. The van der Waals surface area contributed by atoms with Crippen LogP contribution in [-0.2, 0) is 22.4 Å². The monoisotopic (exact) mass is 373 g/mol. The maximum Gasteiger partial charge on any atom is 0.307 e. The van der Waals surface area contributed by atoms with Crippen molar-refractivity contribution in [1.82, 2.24) is 0 Å². The lowest BCUT2D eigenvalue weighted by atomic mass is 10.1. The van der Waals surface area contributed by atoms with Crippen LogP contribution in [0.3, 0.4) is 0 Å². The number of carboxylic acids is 1. The van der Waals surface area contributed by atoms with Crippen LogP contribution in [0.2, 0.25) is 0 Å². The third kappa shape index (κ3) is 5.37. The number of ether oxygens (including phenoxy) is 3. The van der Waals surface area contributed by atoms with Crippen LogP contribution in [0, 0.1) is 0 Å². The number of nitrogens with one attached hydrogen (secondary N) is 1. The van der Waals surface area contributed by atoms with E-state index in [0.29, 0.717) is 34.9 Å². The summed E-state index contributed by atoms with van der Waals surface area (Å²) in [6.07, 6.45) is 0.535. The van der Waals surface area contributed by atoms with Gasteiger partial charge in [-0.3, -0.25) is 9.59 Å². The van der Waals surface area contributed by atoms with Gasteiger partial charge in [-0.15, -0.1) is 0 Å². The first-order chi connectivity index (χ1) is 13.0. The Morgan fingerprint density at radius 2 is 1.63 bits per heavy atom. The van der Waals surface area contributed by atoms with Gasteiger partial charge in [0.25, 0.3) is 0 Å². The first-order valence-corrected chi connectivity index (χ1v) is 8.37. The molecule has 0 spiro atoms. The lowest BCUT2D eigenvalue weighted by Crippen LogP contribution is -2.14. The lowest BCUT2D eigenvalue weighted by Gasteiger charge is -2.14. The number of aliphatic carboxylic acids is 1. The third-order valence-corrected chi connectivity index (χ3v) is 4.00. The lowest BCUT2D eigenvalue weighted by molar-refractivity contribution is -0.136. The number of hydrogen-bond acceptors (Lipinski definition) is 5. The number of amides is 1. The zero-order valence-corrected chi connectivity index (χ0v) is 15.6. The van der Waals surface area contributed by atoms with E-state index in [0.717, 1.165) is 5.56 Å². The van der Waals surface area contributed by atoms with Gasteiger partial charge in [-0.05, 0) is 35.7 Å². The Morgan fingerprint density at radius 1 is 1.00 bits per heavy atom.